The smallest absolute Gasteiger partial charge is 0.238 e. The monoisotopic (exact) mass is 454 g/mol. The molecular formula is C19H22N10O2S. The number of primary sulfonamides is 1. The molecule has 166 valence electrons. The Labute approximate surface area is 184 Å². The van der Waals surface area contributed by atoms with Crippen molar-refractivity contribution >= 4 is 32.8 Å². The summed E-state index contributed by atoms with van der Waals surface area (Å²) in [5, 5.41) is 21.0. The highest BCUT2D eigenvalue weighted by Gasteiger charge is 2.19. The highest BCUT2D eigenvalue weighted by Crippen LogP contribution is 2.24. The lowest BCUT2D eigenvalue weighted by molar-refractivity contribution is 0.212. The number of benzene rings is 1. The van der Waals surface area contributed by atoms with Gasteiger partial charge in [0.2, 0.25) is 16.0 Å². The Hall–Kier alpha value is -3.42. The standard InChI is InChI=1S/C19H22N10O2S/c1-27-8-6-14(7-9-27)28-12-13(10-22-28)23-19-21-11-17-18(24-19)29(26-25-17)15-2-4-16(5-3-15)32(20,30)31/h2-5,10-12,14H,6-9H2,1H3,(H2,20,30,31)(H,21,23,24). The number of anilines is 2. The van der Waals surface area contributed by atoms with Crippen LogP contribution in [0.15, 0.2) is 47.8 Å². The van der Waals surface area contributed by atoms with E-state index in [1.165, 1.54) is 16.8 Å². The molecule has 0 amide bonds. The van der Waals surface area contributed by atoms with E-state index < -0.39 is 10.0 Å². The minimum Gasteiger partial charge on any atom is -0.321 e. The first kappa shape index (κ1) is 20.5. The summed E-state index contributed by atoms with van der Waals surface area (Å²) >= 11 is 0. The number of hydrogen-bond acceptors (Lipinski definition) is 9. The van der Waals surface area contributed by atoms with Gasteiger partial charge < -0.3 is 10.2 Å². The number of nitrogens with one attached hydrogen (secondary N) is 1. The molecule has 1 aliphatic rings. The third kappa shape index (κ3) is 4.04. The van der Waals surface area contributed by atoms with E-state index in [0.29, 0.717) is 28.8 Å². The first-order chi connectivity index (χ1) is 15.4. The van der Waals surface area contributed by atoms with E-state index in [9.17, 15) is 8.42 Å². The fourth-order valence-corrected chi connectivity index (χ4v) is 4.25. The Morgan fingerprint density at radius 1 is 1.12 bits per heavy atom. The van der Waals surface area contributed by atoms with Crippen LogP contribution in [0.5, 0.6) is 0 Å². The molecule has 5 rings (SSSR count). The maximum absolute atomic E-state index is 11.5. The van der Waals surface area contributed by atoms with Gasteiger partial charge in [-0.3, -0.25) is 4.68 Å². The zero-order valence-corrected chi connectivity index (χ0v) is 18.1. The van der Waals surface area contributed by atoms with Crippen molar-refractivity contribution in [1.29, 1.82) is 0 Å². The summed E-state index contributed by atoms with van der Waals surface area (Å²) in [6.07, 6.45) is 7.43. The van der Waals surface area contributed by atoms with Crippen LogP contribution in [0.2, 0.25) is 0 Å². The van der Waals surface area contributed by atoms with Crippen LogP contribution in [-0.4, -0.2) is 68.2 Å². The van der Waals surface area contributed by atoms with Gasteiger partial charge in [-0.15, -0.1) is 5.10 Å². The molecule has 0 spiro atoms. The summed E-state index contributed by atoms with van der Waals surface area (Å²) in [6.45, 7) is 2.12. The molecular weight excluding hydrogens is 432 g/mol. The highest BCUT2D eigenvalue weighted by molar-refractivity contribution is 7.89. The van der Waals surface area contributed by atoms with Crippen LogP contribution >= 0.6 is 0 Å². The van der Waals surface area contributed by atoms with Gasteiger partial charge in [0.25, 0.3) is 0 Å². The second kappa shape index (κ2) is 7.93. The number of hydrogen-bond donors (Lipinski definition) is 2. The van der Waals surface area contributed by atoms with Gasteiger partial charge in [0.05, 0.1) is 34.7 Å². The van der Waals surface area contributed by atoms with Crippen LogP contribution < -0.4 is 10.5 Å². The minimum atomic E-state index is -3.77. The Morgan fingerprint density at radius 2 is 1.88 bits per heavy atom. The Balaban J connectivity index is 1.38. The van der Waals surface area contributed by atoms with Crippen LogP contribution in [0, 0.1) is 0 Å². The first-order valence-electron chi connectivity index (χ1n) is 10.1. The molecule has 0 aliphatic carbocycles. The molecule has 0 saturated carbocycles. The van der Waals surface area contributed by atoms with Gasteiger partial charge in [0.1, 0.15) is 0 Å². The summed E-state index contributed by atoms with van der Waals surface area (Å²) in [7, 11) is -1.64. The molecule has 1 fully saturated rings. The number of nitrogens with two attached hydrogens (primary N) is 1. The van der Waals surface area contributed by atoms with E-state index in [1.807, 2.05) is 10.9 Å². The average molecular weight is 455 g/mol. The van der Waals surface area contributed by atoms with Crippen molar-refractivity contribution < 1.29 is 8.42 Å². The van der Waals surface area contributed by atoms with Crippen LogP contribution in [0.25, 0.3) is 16.9 Å². The molecule has 0 radical (unpaired) electrons. The van der Waals surface area contributed by atoms with Crippen molar-refractivity contribution in [2.75, 3.05) is 25.5 Å². The lowest BCUT2D eigenvalue weighted by Gasteiger charge is -2.28. The number of nitrogens with zero attached hydrogens (tertiary/aromatic N) is 8. The van der Waals surface area contributed by atoms with Crippen LogP contribution in [0.3, 0.4) is 0 Å². The highest BCUT2D eigenvalue weighted by atomic mass is 32.2. The summed E-state index contributed by atoms with van der Waals surface area (Å²) in [6, 6.07) is 6.39. The molecule has 1 aromatic carbocycles. The zero-order valence-electron chi connectivity index (χ0n) is 17.3. The van der Waals surface area contributed by atoms with Crippen molar-refractivity contribution in [3.05, 3.63) is 42.9 Å². The van der Waals surface area contributed by atoms with Gasteiger partial charge in [0, 0.05) is 6.20 Å². The molecule has 12 nitrogen and oxygen atoms in total. The Kier molecular flexibility index (Phi) is 5.07. The van der Waals surface area contributed by atoms with Crippen molar-refractivity contribution in [3.63, 3.8) is 0 Å². The molecule has 3 N–H and O–H groups in total. The molecule has 1 saturated heterocycles. The molecule has 4 heterocycles. The summed E-state index contributed by atoms with van der Waals surface area (Å²) < 4.78 is 26.5. The maximum Gasteiger partial charge on any atom is 0.238 e. The van der Waals surface area contributed by atoms with E-state index in [4.69, 9.17) is 5.14 Å². The second-order valence-corrected chi connectivity index (χ2v) is 9.37. The Morgan fingerprint density at radius 3 is 2.59 bits per heavy atom. The number of sulfonamides is 1. The van der Waals surface area contributed by atoms with E-state index >= 15 is 0 Å². The number of likely N-dealkylation sites (tertiary alicyclic amines) is 1. The topological polar surface area (TPSA) is 150 Å². The fraction of sp³-hybridized carbons (Fsp3) is 0.316. The van der Waals surface area contributed by atoms with Crippen LogP contribution in [0.4, 0.5) is 11.6 Å². The molecule has 0 unspecified atom stereocenters. The van der Waals surface area contributed by atoms with Crippen molar-refractivity contribution in [3.8, 4) is 5.69 Å². The van der Waals surface area contributed by atoms with E-state index in [1.54, 1.807) is 24.5 Å². The minimum absolute atomic E-state index is 0.0178. The van der Waals surface area contributed by atoms with E-state index in [2.05, 4.69) is 42.6 Å². The predicted molar refractivity (Wildman–Crippen MR) is 117 cm³/mol. The van der Waals surface area contributed by atoms with Gasteiger partial charge in [-0.1, -0.05) is 5.21 Å². The van der Waals surface area contributed by atoms with Crippen molar-refractivity contribution in [1.82, 2.24) is 39.6 Å². The molecule has 32 heavy (non-hydrogen) atoms. The quantitative estimate of drug-likeness (QED) is 0.451. The maximum atomic E-state index is 11.5. The second-order valence-electron chi connectivity index (χ2n) is 7.81. The first-order valence-corrected chi connectivity index (χ1v) is 11.6. The van der Waals surface area contributed by atoms with E-state index in [0.717, 1.165) is 31.6 Å². The zero-order chi connectivity index (χ0) is 22.3. The SMILES string of the molecule is CN1CCC(n2cc(Nc3ncc4nnn(-c5ccc(S(N)(=O)=O)cc5)c4n3)cn2)CC1. The normalized spacial score (nSPS) is 15.9. The summed E-state index contributed by atoms with van der Waals surface area (Å²) in [5.41, 5.74) is 2.38. The van der Waals surface area contributed by atoms with Crippen LogP contribution in [0.1, 0.15) is 18.9 Å². The Bertz CT molecular complexity index is 1350. The number of piperidine rings is 1. The molecule has 0 bridgehead atoms. The van der Waals surface area contributed by atoms with Gasteiger partial charge in [-0.2, -0.15) is 14.8 Å². The number of fused-ring (bicyclic) bond motifs is 1. The van der Waals surface area contributed by atoms with Crippen LogP contribution in [-0.2, 0) is 10.0 Å². The largest absolute Gasteiger partial charge is 0.321 e. The van der Waals surface area contributed by atoms with Gasteiger partial charge in [0.15, 0.2) is 11.2 Å². The lowest BCUT2D eigenvalue weighted by Crippen LogP contribution is -2.31. The summed E-state index contributed by atoms with van der Waals surface area (Å²) in [5.74, 6) is 0.380. The van der Waals surface area contributed by atoms with Gasteiger partial charge in [-0.05, 0) is 57.2 Å². The number of rotatable bonds is 5. The average Bonchev–Trinajstić information content (AvgIpc) is 3.41. The van der Waals surface area contributed by atoms with Gasteiger partial charge in [-0.25, -0.2) is 18.5 Å². The molecule has 13 heteroatoms. The number of aromatic nitrogens is 7. The van der Waals surface area contributed by atoms with Gasteiger partial charge >= 0.3 is 0 Å². The van der Waals surface area contributed by atoms with Crippen molar-refractivity contribution in [2.24, 2.45) is 5.14 Å². The third-order valence-electron chi connectivity index (χ3n) is 5.52. The molecule has 3 aromatic heterocycles. The third-order valence-corrected chi connectivity index (χ3v) is 6.45. The molecule has 4 aromatic rings. The lowest BCUT2D eigenvalue weighted by atomic mass is 10.1. The molecule has 0 atom stereocenters. The van der Waals surface area contributed by atoms with E-state index in [-0.39, 0.29) is 4.90 Å². The summed E-state index contributed by atoms with van der Waals surface area (Å²) in [4.78, 5) is 11.2. The predicted octanol–water partition coefficient (Wildman–Crippen LogP) is 1.06. The fourth-order valence-electron chi connectivity index (χ4n) is 3.73. The van der Waals surface area contributed by atoms with Crippen molar-refractivity contribution in [2.45, 2.75) is 23.8 Å². The molecule has 1 aliphatic heterocycles.